The Balaban J connectivity index is 2.33. The zero-order valence-corrected chi connectivity index (χ0v) is 8.58. The van der Waals surface area contributed by atoms with Gasteiger partial charge in [-0.3, -0.25) is 4.79 Å². The van der Waals surface area contributed by atoms with Crippen LogP contribution < -0.4 is 0 Å². The molecule has 0 N–H and O–H groups in total. The first-order chi connectivity index (χ1) is 6.66. The maximum atomic E-state index is 11.7. The fraction of sp³-hybridized carbons (Fsp3) is 0.250. The molecule has 2 aromatic heterocycles. The molecule has 0 bridgehead atoms. The van der Waals surface area contributed by atoms with Gasteiger partial charge in [0, 0.05) is 7.05 Å². The average Bonchev–Trinajstić information content (AvgIpc) is 2.73. The topological polar surface area (TPSA) is 60.7 Å². The van der Waals surface area contributed by atoms with E-state index in [0.29, 0.717) is 10.6 Å². The van der Waals surface area contributed by atoms with Crippen LogP contribution in [0, 0.1) is 6.92 Å². The van der Waals surface area contributed by atoms with E-state index in [1.807, 2.05) is 6.92 Å². The summed E-state index contributed by atoms with van der Waals surface area (Å²) < 4.78 is 4.04. The quantitative estimate of drug-likeness (QED) is 0.685. The molecule has 0 radical (unpaired) electrons. The summed E-state index contributed by atoms with van der Waals surface area (Å²) in [6.45, 7) is 1.85. The molecule has 0 unspecified atom stereocenters. The highest BCUT2D eigenvalue weighted by atomic mass is 32.1. The molecule has 0 atom stereocenters. The number of aromatic nitrogens is 4. The summed E-state index contributed by atoms with van der Waals surface area (Å²) in [4.78, 5) is 13.7. The third-order valence-electron chi connectivity index (χ3n) is 1.68. The molecule has 2 aromatic rings. The number of hydrogen-bond donors (Lipinski definition) is 0. The monoisotopic (exact) mass is 208 g/mol. The summed E-state index contributed by atoms with van der Waals surface area (Å²) in [5, 5.41) is 7.77. The maximum Gasteiger partial charge on any atom is 0.226 e. The maximum absolute atomic E-state index is 11.7. The average molecular weight is 208 g/mol. The zero-order chi connectivity index (χ0) is 10.1. The van der Waals surface area contributed by atoms with Crippen molar-refractivity contribution in [2.45, 2.75) is 6.92 Å². The molecule has 72 valence electrons. The van der Waals surface area contributed by atoms with Crippen LogP contribution in [-0.4, -0.2) is 25.2 Å². The van der Waals surface area contributed by atoms with E-state index in [2.05, 4.69) is 14.6 Å². The van der Waals surface area contributed by atoms with Crippen LogP contribution in [0.25, 0.3) is 0 Å². The van der Waals surface area contributed by atoms with Gasteiger partial charge in [0.15, 0.2) is 5.69 Å². The lowest BCUT2D eigenvalue weighted by Gasteiger charge is -1.88. The number of rotatable bonds is 2. The number of ketones is 1. The van der Waals surface area contributed by atoms with E-state index in [9.17, 15) is 4.79 Å². The molecular weight excluding hydrogens is 200 g/mol. The largest absolute Gasteiger partial charge is 0.286 e. The Labute approximate surface area is 84.5 Å². The summed E-state index contributed by atoms with van der Waals surface area (Å²) in [5.74, 6) is -0.122. The molecule has 0 saturated heterocycles. The Hall–Kier alpha value is -1.56. The van der Waals surface area contributed by atoms with Gasteiger partial charge < -0.3 is 0 Å². The SMILES string of the molecule is Cc1cc(C(=O)c2cnn(C)n2)sn1. The second kappa shape index (κ2) is 3.30. The summed E-state index contributed by atoms with van der Waals surface area (Å²) in [5.41, 5.74) is 1.21. The van der Waals surface area contributed by atoms with Gasteiger partial charge in [-0.1, -0.05) is 0 Å². The molecule has 0 amide bonds. The second-order valence-corrected chi connectivity index (χ2v) is 3.69. The van der Waals surface area contributed by atoms with E-state index in [-0.39, 0.29) is 5.78 Å². The van der Waals surface area contributed by atoms with Crippen molar-refractivity contribution in [2.75, 3.05) is 0 Å². The van der Waals surface area contributed by atoms with Gasteiger partial charge in [-0.25, -0.2) is 0 Å². The molecule has 0 fully saturated rings. The highest BCUT2D eigenvalue weighted by molar-refractivity contribution is 7.08. The van der Waals surface area contributed by atoms with Gasteiger partial charge in [0.2, 0.25) is 5.78 Å². The van der Waals surface area contributed by atoms with Crippen LogP contribution in [-0.2, 0) is 7.05 Å². The Morgan fingerprint density at radius 1 is 1.57 bits per heavy atom. The molecule has 0 aliphatic carbocycles. The van der Waals surface area contributed by atoms with Crippen LogP contribution in [0.4, 0.5) is 0 Å². The molecule has 0 spiro atoms. The third-order valence-corrected chi connectivity index (χ3v) is 2.56. The fourth-order valence-electron chi connectivity index (χ4n) is 1.05. The molecule has 2 heterocycles. The van der Waals surface area contributed by atoms with Gasteiger partial charge in [0.1, 0.15) is 0 Å². The Bertz CT molecular complexity index is 431. The van der Waals surface area contributed by atoms with Crippen LogP contribution in [0.5, 0.6) is 0 Å². The second-order valence-electron chi connectivity index (χ2n) is 2.88. The molecule has 14 heavy (non-hydrogen) atoms. The number of hydrogen-bond acceptors (Lipinski definition) is 5. The van der Waals surface area contributed by atoms with E-state index in [0.717, 1.165) is 5.69 Å². The molecule has 5 nitrogen and oxygen atoms in total. The number of carbonyl (C=O) groups excluding carboxylic acids is 1. The van der Waals surface area contributed by atoms with Crippen molar-refractivity contribution in [3.05, 3.63) is 28.5 Å². The van der Waals surface area contributed by atoms with E-state index < -0.39 is 0 Å². The fourth-order valence-corrected chi connectivity index (χ4v) is 1.75. The first-order valence-corrected chi connectivity index (χ1v) is 4.78. The standard InChI is InChI=1S/C8H8N4OS/c1-5-3-7(14-11-5)8(13)6-4-9-12(2)10-6/h3-4H,1-2H3. The lowest BCUT2D eigenvalue weighted by Crippen LogP contribution is -2.01. The Morgan fingerprint density at radius 2 is 2.36 bits per heavy atom. The molecule has 0 aliphatic rings. The molecule has 0 aliphatic heterocycles. The minimum Gasteiger partial charge on any atom is -0.286 e. The van der Waals surface area contributed by atoms with Crippen LogP contribution in [0.15, 0.2) is 12.3 Å². The summed E-state index contributed by atoms with van der Waals surface area (Å²) in [7, 11) is 1.68. The van der Waals surface area contributed by atoms with Crippen LogP contribution >= 0.6 is 11.5 Å². The van der Waals surface area contributed by atoms with E-state index >= 15 is 0 Å². The van der Waals surface area contributed by atoms with Gasteiger partial charge in [-0.2, -0.15) is 19.4 Å². The summed E-state index contributed by atoms with van der Waals surface area (Å²) >= 11 is 1.19. The van der Waals surface area contributed by atoms with Crippen molar-refractivity contribution >= 4 is 17.3 Å². The first kappa shape index (κ1) is 9.01. The molecule has 6 heteroatoms. The smallest absolute Gasteiger partial charge is 0.226 e. The van der Waals surface area contributed by atoms with Gasteiger partial charge in [0.05, 0.1) is 16.8 Å². The van der Waals surface area contributed by atoms with E-state index in [4.69, 9.17) is 0 Å². The molecule has 0 aromatic carbocycles. The van der Waals surface area contributed by atoms with Gasteiger partial charge in [-0.15, -0.1) is 0 Å². The molecule has 2 rings (SSSR count). The van der Waals surface area contributed by atoms with E-state index in [1.54, 1.807) is 13.1 Å². The van der Waals surface area contributed by atoms with E-state index in [1.165, 1.54) is 22.5 Å². The van der Waals surface area contributed by atoms with Gasteiger partial charge in [0.25, 0.3) is 0 Å². The van der Waals surface area contributed by atoms with Crippen molar-refractivity contribution in [3.63, 3.8) is 0 Å². The minimum atomic E-state index is -0.122. The van der Waals surface area contributed by atoms with Crippen molar-refractivity contribution in [1.29, 1.82) is 0 Å². The predicted molar refractivity (Wildman–Crippen MR) is 51.3 cm³/mol. The van der Waals surface area contributed by atoms with Crippen molar-refractivity contribution in [3.8, 4) is 0 Å². The highest BCUT2D eigenvalue weighted by Gasteiger charge is 2.14. The zero-order valence-electron chi connectivity index (χ0n) is 7.76. The Kier molecular flexibility index (Phi) is 2.12. The Morgan fingerprint density at radius 3 is 2.86 bits per heavy atom. The number of nitrogens with zero attached hydrogens (tertiary/aromatic N) is 4. The number of aryl methyl sites for hydroxylation is 2. The van der Waals surface area contributed by atoms with Crippen molar-refractivity contribution < 1.29 is 4.79 Å². The lowest BCUT2D eigenvalue weighted by molar-refractivity contribution is 0.103. The van der Waals surface area contributed by atoms with Gasteiger partial charge >= 0.3 is 0 Å². The molecular formula is C8H8N4OS. The van der Waals surface area contributed by atoms with Crippen LogP contribution in [0.2, 0.25) is 0 Å². The summed E-state index contributed by atoms with van der Waals surface area (Å²) in [6, 6.07) is 1.75. The highest BCUT2D eigenvalue weighted by Crippen LogP contribution is 2.13. The molecule has 0 saturated carbocycles. The van der Waals surface area contributed by atoms with Gasteiger partial charge in [-0.05, 0) is 24.5 Å². The minimum absolute atomic E-state index is 0.122. The number of carbonyl (C=O) groups is 1. The first-order valence-electron chi connectivity index (χ1n) is 4.01. The predicted octanol–water partition coefficient (Wildman–Crippen LogP) is 0.811. The van der Waals surface area contributed by atoms with Crippen molar-refractivity contribution in [1.82, 2.24) is 19.4 Å². The third kappa shape index (κ3) is 1.56. The van der Waals surface area contributed by atoms with Crippen LogP contribution in [0.1, 0.15) is 21.1 Å². The normalized spacial score (nSPS) is 10.4. The van der Waals surface area contributed by atoms with Crippen LogP contribution in [0.3, 0.4) is 0 Å². The summed E-state index contributed by atoms with van der Waals surface area (Å²) in [6.07, 6.45) is 1.46. The van der Waals surface area contributed by atoms with Crippen molar-refractivity contribution in [2.24, 2.45) is 7.05 Å². The lowest BCUT2D eigenvalue weighted by atomic mass is 10.2.